The van der Waals surface area contributed by atoms with E-state index >= 15 is 0 Å². The number of halogens is 2. The quantitative estimate of drug-likeness (QED) is 0.222. The maximum Gasteiger partial charge on any atom is 0.271 e. The molecule has 0 aliphatic carbocycles. The molecule has 0 atom stereocenters. The Morgan fingerprint density at radius 2 is 1.76 bits per heavy atom. The second kappa shape index (κ2) is 10.9. The number of hydrogen-bond acceptors (Lipinski definition) is 3. The first-order valence-corrected chi connectivity index (χ1v) is 13.0. The van der Waals surface area contributed by atoms with Crippen molar-refractivity contribution in [1.29, 1.82) is 0 Å². The highest BCUT2D eigenvalue weighted by atomic mass is 35.5. The van der Waals surface area contributed by atoms with E-state index in [1.54, 1.807) is 12.3 Å². The number of carbonyl (C=O) groups is 1. The Morgan fingerprint density at radius 1 is 1.00 bits per heavy atom. The summed E-state index contributed by atoms with van der Waals surface area (Å²) in [6, 6.07) is 23.9. The number of carbonyl (C=O) groups excluding carboxylic acids is 1. The third kappa shape index (κ3) is 5.49. The standard InChI is InChI=1S/C30H28Cl2N4O/c1-20-16-26(21(2)36(20)28-9-5-8-27(31)29(28)32)17-33-34-30(37)24-12-10-22(11-13-24)18-35-15-14-23-6-3-4-7-25(23)19-35/h3-13,16-17H,14-15,18-19H2,1-2H3,(H,34,37). The van der Waals surface area contributed by atoms with Crippen LogP contribution in [0.25, 0.3) is 5.69 Å². The minimum absolute atomic E-state index is 0.249. The fourth-order valence-electron chi connectivity index (χ4n) is 4.89. The van der Waals surface area contributed by atoms with E-state index in [4.69, 9.17) is 23.2 Å². The van der Waals surface area contributed by atoms with Crippen LogP contribution in [0.4, 0.5) is 0 Å². The van der Waals surface area contributed by atoms with Crippen LogP contribution in [0.5, 0.6) is 0 Å². The molecule has 7 heteroatoms. The Balaban J connectivity index is 1.21. The van der Waals surface area contributed by atoms with Crippen LogP contribution in [0, 0.1) is 13.8 Å². The molecule has 1 aliphatic heterocycles. The van der Waals surface area contributed by atoms with Gasteiger partial charge in [0.15, 0.2) is 0 Å². The van der Waals surface area contributed by atoms with Crippen LogP contribution in [0.15, 0.2) is 77.9 Å². The number of fused-ring (bicyclic) bond motifs is 1. The SMILES string of the molecule is Cc1cc(C=NNC(=O)c2ccc(CN3CCc4ccccc4C3)cc2)c(C)n1-c1cccc(Cl)c1Cl. The molecule has 2 heterocycles. The monoisotopic (exact) mass is 530 g/mol. The Morgan fingerprint density at radius 3 is 2.54 bits per heavy atom. The van der Waals surface area contributed by atoms with Crippen molar-refractivity contribution in [3.8, 4) is 5.69 Å². The summed E-state index contributed by atoms with van der Waals surface area (Å²) in [7, 11) is 0. The zero-order valence-electron chi connectivity index (χ0n) is 20.8. The van der Waals surface area contributed by atoms with Crippen LogP contribution >= 0.6 is 23.2 Å². The Labute approximate surface area is 227 Å². The maximum atomic E-state index is 12.7. The highest BCUT2D eigenvalue weighted by Gasteiger charge is 2.16. The van der Waals surface area contributed by atoms with Gasteiger partial charge in [0.05, 0.1) is 21.9 Å². The summed E-state index contributed by atoms with van der Waals surface area (Å²) in [5.41, 5.74) is 10.9. The number of nitrogens with one attached hydrogen (secondary N) is 1. The minimum atomic E-state index is -0.249. The Kier molecular flexibility index (Phi) is 7.47. The molecule has 0 saturated carbocycles. The third-order valence-electron chi connectivity index (χ3n) is 6.84. The summed E-state index contributed by atoms with van der Waals surface area (Å²) in [6.45, 7) is 6.83. The van der Waals surface area contributed by atoms with E-state index in [9.17, 15) is 4.79 Å². The van der Waals surface area contributed by atoms with Gasteiger partial charge in [-0.25, -0.2) is 5.43 Å². The Bertz CT molecular complexity index is 1470. The molecule has 5 nitrogen and oxygen atoms in total. The molecule has 5 rings (SSSR count). The van der Waals surface area contributed by atoms with Gasteiger partial charge in [-0.05, 0) is 67.3 Å². The van der Waals surface area contributed by atoms with Gasteiger partial charge < -0.3 is 4.57 Å². The van der Waals surface area contributed by atoms with E-state index in [1.165, 1.54) is 16.7 Å². The van der Waals surface area contributed by atoms with Gasteiger partial charge in [0.1, 0.15) is 0 Å². The lowest BCUT2D eigenvalue weighted by atomic mass is 9.99. The molecule has 0 unspecified atom stereocenters. The molecular weight excluding hydrogens is 503 g/mol. The first-order chi connectivity index (χ1) is 17.9. The lowest BCUT2D eigenvalue weighted by Gasteiger charge is -2.28. The molecule has 0 fully saturated rings. The highest BCUT2D eigenvalue weighted by molar-refractivity contribution is 6.43. The van der Waals surface area contributed by atoms with Gasteiger partial charge in [-0.15, -0.1) is 0 Å². The van der Waals surface area contributed by atoms with Gasteiger partial charge in [-0.3, -0.25) is 9.69 Å². The second-order valence-electron chi connectivity index (χ2n) is 9.36. The third-order valence-corrected chi connectivity index (χ3v) is 7.65. The summed E-state index contributed by atoms with van der Waals surface area (Å²) >= 11 is 12.6. The summed E-state index contributed by atoms with van der Waals surface area (Å²) < 4.78 is 2.02. The molecule has 37 heavy (non-hydrogen) atoms. The molecule has 188 valence electrons. The molecule has 1 aromatic heterocycles. The number of rotatable bonds is 6. The zero-order valence-corrected chi connectivity index (χ0v) is 22.4. The fraction of sp³-hybridized carbons (Fsp3) is 0.200. The van der Waals surface area contributed by atoms with Crippen molar-refractivity contribution in [2.24, 2.45) is 5.10 Å². The van der Waals surface area contributed by atoms with Gasteiger partial charge in [0.2, 0.25) is 0 Å². The first-order valence-electron chi connectivity index (χ1n) is 12.3. The van der Waals surface area contributed by atoms with Crippen molar-refractivity contribution < 1.29 is 4.79 Å². The fourth-order valence-corrected chi connectivity index (χ4v) is 5.27. The van der Waals surface area contributed by atoms with Crippen molar-refractivity contribution in [2.45, 2.75) is 33.4 Å². The Hall–Kier alpha value is -3.38. The summed E-state index contributed by atoms with van der Waals surface area (Å²) in [5.74, 6) is -0.249. The molecule has 1 aliphatic rings. The average molecular weight is 531 g/mol. The number of hydrazone groups is 1. The molecule has 4 aromatic rings. The predicted octanol–water partition coefficient (Wildman–Crippen LogP) is 6.72. The highest BCUT2D eigenvalue weighted by Crippen LogP contribution is 2.31. The normalized spacial score (nSPS) is 13.6. The number of nitrogens with zero attached hydrogens (tertiary/aromatic N) is 3. The molecule has 1 N–H and O–H groups in total. The van der Waals surface area contributed by atoms with Crippen molar-refractivity contribution >= 4 is 35.3 Å². The minimum Gasteiger partial charge on any atom is -0.316 e. The molecule has 0 bridgehead atoms. The van der Waals surface area contributed by atoms with Crippen molar-refractivity contribution in [1.82, 2.24) is 14.9 Å². The molecule has 0 radical (unpaired) electrons. The first kappa shape index (κ1) is 25.3. The molecule has 0 saturated heterocycles. The lowest BCUT2D eigenvalue weighted by molar-refractivity contribution is 0.0955. The number of aromatic nitrogens is 1. The smallest absolute Gasteiger partial charge is 0.271 e. The van der Waals surface area contributed by atoms with E-state index in [0.29, 0.717) is 15.6 Å². The van der Waals surface area contributed by atoms with Gasteiger partial charge >= 0.3 is 0 Å². The number of benzene rings is 3. The van der Waals surface area contributed by atoms with Gasteiger partial charge in [-0.2, -0.15) is 5.10 Å². The summed E-state index contributed by atoms with van der Waals surface area (Å²) in [5, 5.41) is 5.20. The lowest BCUT2D eigenvalue weighted by Crippen LogP contribution is -2.30. The van der Waals surface area contributed by atoms with E-state index in [-0.39, 0.29) is 5.91 Å². The van der Waals surface area contributed by atoms with Crippen molar-refractivity contribution in [2.75, 3.05) is 6.54 Å². The number of aryl methyl sites for hydroxylation is 1. The average Bonchev–Trinajstić information content (AvgIpc) is 3.18. The molecule has 1 amide bonds. The van der Waals surface area contributed by atoms with Crippen LogP contribution in [0.3, 0.4) is 0 Å². The zero-order chi connectivity index (χ0) is 25.9. The van der Waals surface area contributed by atoms with Gasteiger partial charge in [0.25, 0.3) is 5.91 Å². The van der Waals surface area contributed by atoms with Crippen LogP contribution in [-0.2, 0) is 19.5 Å². The molecular formula is C30H28Cl2N4O. The largest absolute Gasteiger partial charge is 0.316 e. The molecule has 3 aromatic carbocycles. The van der Waals surface area contributed by atoms with Crippen LogP contribution in [0.2, 0.25) is 10.0 Å². The van der Waals surface area contributed by atoms with E-state index in [0.717, 1.165) is 48.7 Å². The van der Waals surface area contributed by atoms with Crippen molar-refractivity contribution in [3.05, 3.63) is 122 Å². The predicted molar refractivity (Wildman–Crippen MR) is 151 cm³/mol. The van der Waals surface area contributed by atoms with Crippen molar-refractivity contribution in [3.63, 3.8) is 0 Å². The van der Waals surface area contributed by atoms with E-state index in [1.807, 2.05) is 60.9 Å². The number of hydrogen-bond donors (Lipinski definition) is 1. The van der Waals surface area contributed by atoms with Crippen LogP contribution in [-0.4, -0.2) is 28.1 Å². The summed E-state index contributed by atoms with van der Waals surface area (Å²) in [6.07, 6.45) is 2.72. The van der Waals surface area contributed by atoms with Crippen LogP contribution < -0.4 is 5.43 Å². The van der Waals surface area contributed by atoms with Crippen LogP contribution in [0.1, 0.15) is 44.0 Å². The maximum absolute atomic E-state index is 12.7. The van der Waals surface area contributed by atoms with Gasteiger partial charge in [0, 0.05) is 42.1 Å². The summed E-state index contributed by atoms with van der Waals surface area (Å²) in [4.78, 5) is 15.1. The number of amides is 1. The molecule has 0 spiro atoms. The van der Waals surface area contributed by atoms with E-state index in [2.05, 4.69) is 39.7 Å². The topological polar surface area (TPSA) is 49.6 Å². The second-order valence-corrected chi connectivity index (χ2v) is 10.1. The van der Waals surface area contributed by atoms with Gasteiger partial charge in [-0.1, -0.05) is 65.7 Å². The van der Waals surface area contributed by atoms with E-state index < -0.39 is 0 Å².